The van der Waals surface area contributed by atoms with Gasteiger partial charge in [0.1, 0.15) is 11.6 Å². The van der Waals surface area contributed by atoms with Crippen molar-refractivity contribution in [3.8, 4) is 0 Å². The Kier molecular flexibility index (Phi) is 5.80. The fourth-order valence-electron chi connectivity index (χ4n) is 2.49. The molecule has 0 saturated carbocycles. The van der Waals surface area contributed by atoms with Crippen molar-refractivity contribution in [3.63, 3.8) is 0 Å². The lowest BCUT2D eigenvalue weighted by atomic mass is 10.2. The van der Waals surface area contributed by atoms with Gasteiger partial charge in [-0.1, -0.05) is 42.5 Å². The molecule has 0 fully saturated rings. The average Bonchev–Trinajstić information content (AvgIpc) is 3.14. The van der Waals surface area contributed by atoms with Gasteiger partial charge in [0, 0.05) is 13.1 Å². The highest BCUT2D eigenvalue weighted by molar-refractivity contribution is 7.80. The molecular formula is C20H19FN2OS. The Labute approximate surface area is 152 Å². The van der Waals surface area contributed by atoms with Crippen molar-refractivity contribution in [3.05, 3.63) is 95.7 Å². The molecule has 3 aromatic rings. The van der Waals surface area contributed by atoms with Gasteiger partial charge in [0.25, 0.3) is 0 Å². The van der Waals surface area contributed by atoms with E-state index >= 15 is 0 Å². The highest BCUT2D eigenvalue weighted by Gasteiger charge is 2.12. The summed E-state index contributed by atoms with van der Waals surface area (Å²) in [6.45, 7) is 1.80. The van der Waals surface area contributed by atoms with Gasteiger partial charge in [-0.3, -0.25) is 0 Å². The molecule has 3 rings (SSSR count). The maximum Gasteiger partial charge on any atom is 0.169 e. The summed E-state index contributed by atoms with van der Waals surface area (Å²) in [5, 5.41) is 3.87. The number of nitrogens with one attached hydrogen (secondary N) is 1. The van der Waals surface area contributed by atoms with Crippen LogP contribution in [0.4, 0.5) is 4.39 Å². The summed E-state index contributed by atoms with van der Waals surface area (Å²) in [6, 6.07) is 20.3. The van der Waals surface area contributed by atoms with Crippen molar-refractivity contribution in [2.45, 2.75) is 19.6 Å². The van der Waals surface area contributed by atoms with Gasteiger partial charge < -0.3 is 14.6 Å². The van der Waals surface area contributed by atoms with Crippen molar-refractivity contribution in [2.24, 2.45) is 0 Å². The predicted molar refractivity (Wildman–Crippen MR) is 100 cm³/mol. The van der Waals surface area contributed by atoms with Gasteiger partial charge in [-0.05, 0) is 47.6 Å². The Morgan fingerprint density at radius 1 is 0.920 bits per heavy atom. The molecule has 25 heavy (non-hydrogen) atoms. The van der Waals surface area contributed by atoms with E-state index in [0.29, 0.717) is 24.7 Å². The standard InChI is InChI=1S/C20H19FN2OS/c21-18-10-8-16(9-11-18)13-22-20(25)23(15-19-7-4-12-24-19)14-17-5-2-1-3-6-17/h1-12H,13-15H2,(H,22,25). The normalized spacial score (nSPS) is 10.4. The fraction of sp³-hybridized carbons (Fsp3) is 0.150. The first kappa shape index (κ1) is 17.2. The third kappa shape index (κ3) is 5.16. The quantitative estimate of drug-likeness (QED) is 0.660. The number of rotatable bonds is 6. The summed E-state index contributed by atoms with van der Waals surface area (Å²) < 4.78 is 18.5. The maximum atomic E-state index is 13.0. The molecule has 0 amide bonds. The lowest BCUT2D eigenvalue weighted by Crippen LogP contribution is -2.38. The number of halogens is 1. The largest absolute Gasteiger partial charge is 0.467 e. The van der Waals surface area contributed by atoms with Gasteiger partial charge in [-0.25, -0.2) is 4.39 Å². The first-order valence-corrected chi connectivity index (χ1v) is 8.45. The smallest absolute Gasteiger partial charge is 0.169 e. The number of nitrogens with zero attached hydrogens (tertiary/aromatic N) is 1. The van der Waals surface area contributed by atoms with Crippen molar-refractivity contribution < 1.29 is 8.81 Å². The zero-order chi connectivity index (χ0) is 17.5. The SMILES string of the molecule is Fc1ccc(CNC(=S)N(Cc2ccccc2)Cc2ccco2)cc1. The van der Waals surface area contributed by atoms with Gasteiger partial charge in [0.15, 0.2) is 5.11 Å². The highest BCUT2D eigenvalue weighted by Crippen LogP contribution is 2.11. The molecule has 0 radical (unpaired) electrons. The van der Waals surface area contributed by atoms with Gasteiger partial charge >= 0.3 is 0 Å². The van der Waals surface area contributed by atoms with Gasteiger partial charge in [-0.2, -0.15) is 0 Å². The average molecular weight is 354 g/mol. The van der Waals surface area contributed by atoms with Crippen LogP contribution in [0.2, 0.25) is 0 Å². The van der Waals surface area contributed by atoms with E-state index < -0.39 is 0 Å². The highest BCUT2D eigenvalue weighted by atomic mass is 32.1. The molecule has 5 heteroatoms. The summed E-state index contributed by atoms with van der Waals surface area (Å²) in [4.78, 5) is 2.05. The molecule has 0 aliphatic carbocycles. The molecule has 1 N–H and O–H groups in total. The van der Waals surface area contributed by atoms with Crippen LogP contribution in [0, 0.1) is 5.82 Å². The minimum absolute atomic E-state index is 0.241. The van der Waals surface area contributed by atoms with Crippen LogP contribution in [0.3, 0.4) is 0 Å². The Hall–Kier alpha value is -2.66. The molecule has 0 spiro atoms. The van der Waals surface area contributed by atoms with Crippen LogP contribution in [-0.4, -0.2) is 10.0 Å². The molecule has 0 atom stereocenters. The van der Waals surface area contributed by atoms with Crippen LogP contribution in [0.25, 0.3) is 0 Å². The van der Waals surface area contributed by atoms with E-state index in [0.717, 1.165) is 11.3 Å². The monoisotopic (exact) mass is 354 g/mol. The second kappa shape index (κ2) is 8.44. The topological polar surface area (TPSA) is 28.4 Å². The second-order valence-electron chi connectivity index (χ2n) is 5.71. The summed E-state index contributed by atoms with van der Waals surface area (Å²) in [5.41, 5.74) is 2.14. The van der Waals surface area contributed by atoms with Gasteiger partial charge in [-0.15, -0.1) is 0 Å². The zero-order valence-electron chi connectivity index (χ0n) is 13.7. The van der Waals surface area contributed by atoms with Crippen molar-refractivity contribution in [1.82, 2.24) is 10.2 Å². The molecule has 1 heterocycles. The summed E-state index contributed by atoms with van der Waals surface area (Å²) >= 11 is 5.57. The number of hydrogen-bond donors (Lipinski definition) is 1. The Balaban J connectivity index is 1.66. The number of thiocarbonyl (C=S) groups is 1. The number of benzene rings is 2. The molecule has 0 bridgehead atoms. The first-order chi connectivity index (χ1) is 12.2. The van der Waals surface area contributed by atoms with E-state index in [-0.39, 0.29) is 5.82 Å². The number of furan rings is 1. The molecule has 0 unspecified atom stereocenters. The molecule has 3 nitrogen and oxygen atoms in total. The van der Waals surface area contributed by atoms with Crippen LogP contribution in [0.5, 0.6) is 0 Å². The van der Waals surface area contributed by atoms with Crippen LogP contribution in [0.1, 0.15) is 16.9 Å². The van der Waals surface area contributed by atoms with Crippen LogP contribution in [-0.2, 0) is 19.6 Å². The molecule has 2 aromatic carbocycles. The van der Waals surface area contributed by atoms with Crippen LogP contribution >= 0.6 is 12.2 Å². The zero-order valence-corrected chi connectivity index (χ0v) is 14.5. The van der Waals surface area contributed by atoms with E-state index in [1.165, 1.54) is 17.7 Å². The second-order valence-corrected chi connectivity index (χ2v) is 6.09. The van der Waals surface area contributed by atoms with E-state index in [1.807, 2.05) is 35.2 Å². The van der Waals surface area contributed by atoms with E-state index in [9.17, 15) is 4.39 Å². The number of hydrogen-bond acceptors (Lipinski definition) is 2. The van der Waals surface area contributed by atoms with Crippen molar-refractivity contribution in [2.75, 3.05) is 0 Å². The molecule has 0 aliphatic heterocycles. The van der Waals surface area contributed by atoms with Crippen LogP contribution in [0.15, 0.2) is 77.4 Å². The lowest BCUT2D eigenvalue weighted by Gasteiger charge is -2.25. The van der Waals surface area contributed by atoms with E-state index in [1.54, 1.807) is 18.4 Å². The van der Waals surface area contributed by atoms with Crippen molar-refractivity contribution >= 4 is 17.3 Å². The first-order valence-electron chi connectivity index (χ1n) is 8.04. The molecule has 0 aliphatic rings. The van der Waals surface area contributed by atoms with E-state index in [4.69, 9.17) is 16.6 Å². The van der Waals surface area contributed by atoms with Crippen molar-refractivity contribution in [1.29, 1.82) is 0 Å². The van der Waals surface area contributed by atoms with Gasteiger partial charge in [0.05, 0.1) is 12.8 Å². The lowest BCUT2D eigenvalue weighted by molar-refractivity contribution is 0.351. The predicted octanol–water partition coefficient (Wildman–Crippen LogP) is 4.50. The molecule has 0 saturated heterocycles. The summed E-state index contributed by atoms with van der Waals surface area (Å²) in [5.74, 6) is 0.608. The third-order valence-corrected chi connectivity index (χ3v) is 4.19. The molecular weight excluding hydrogens is 335 g/mol. The van der Waals surface area contributed by atoms with Crippen LogP contribution < -0.4 is 5.32 Å². The molecule has 128 valence electrons. The summed E-state index contributed by atoms with van der Waals surface area (Å²) in [6.07, 6.45) is 1.66. The molecule has 1 aromatic heterocycles. The third-order valence-electron chi connectivity index (χ3n) is 3.79. The fourth-order valence-corrected chi connectivity index (χ4v) is 2.69. The Morgan fingerprint density at radius 2 is 1.68 bits per heavy atom. The minimum Gasteiger partial charge on any atom is -0.467 e. The Morgan fingerprint density at radius 3 is 2.36 bits per heavy atom. The van der Waals surface area contributed by atoms with E-state index in [2.05, 4.69) is 17.4 Å². The van der Waals surface area contributed by atoms with Gasteiger partial charge in [0.2, 0.25) is 0 Å². The maximum absolute atomic E-state index is 13.0. The Bertz CT molecular complexity index is 788. The summed E-state index contributed by atoms with van der Waals surface area (Å²) in [7, 11) is 0. The minimum atomic E-state index is -0.241.